The summed E-state index contributed by atoms with van der Waals surface area (Å²) in [6, 6.07) is 7.36. The van der Waals surface area contributed by atoms with E-state index in [1.54, 1.807) is 6.92 Å². The fourth-order valence-corrected chi connectivity index (χ4v) is 1.88. The summed E-state index contributed by atoms with van der Waals surface area (Å²) in [6.45, 7) is 1.66. The number of non-ortho nitro benzene ring substituents is 1. The number of carboxylic acid groups (broad SMARTS) is 1. The van der Waals surface area contributed by atoms with Gasteiger partial charge >= 0.3 is 5.97 Å². The predicted octanol–water partition coefficient (Wildman–Crippen LogP) is 2.56. The number of phenols is 1. The Balaban J connectivity index is 2.35. The van der Waals surface area contributed by atoms with Gasteiger partial charge in [-0.3, -0.25) is 14.9 Å². The van der Waals surface area contributed by atoms with Crippen LogP contribution in [0, 0.1) is 17.0 Å². The molecule has 0 aliphatic heterocycles. The van der Waals surface area contributed by atoms with Crippen LogP contribution in [0.1, 0.15) is 26.3 Å². The molecule has 0 unspecified atom stereocenters. The summed E-state index contributed by atoms with van der Waals surface area (Å²) in [5.74, 6) is -2.12. The smallest absolute Gasteiger partial charge is 0.338 e. The second-order valence-corrected chi connectivity index (χ2v) is 4.75. The molecule has 0 bridgehead atoms. The topological polar surface area (TPSA) is 130 Å². The van der Waals surface area contributed by atoms with E-state index < -0.39 is 28.1 Å². The normalized spacial score (nSPS) is 10.1. The van der Waals surface area contributed by atoms with Crippen LogP contribution in [0.5, 0.6) is 5.75 Å². The number of benzene rings is 2. The number of phenolic OH excluding ortho intramolecular Hbond substituents is 1. The molecule has 0 aliphatic carbocycles. The SMILES string of the molecule is Cc1ccc(C(=O)Nc2ccc([N+](=O)[O-])cc2C(=O)O)cc1O. The van der Waals surface area contributed by atoms with Crippen LogP contribution in [-0.4, -0.2) is 27.0 Å². The Bertz CT molecular complexity index is 816. The number of carboxylic acids is 1. The first kappa shape index (κ1) is 16.0. The second-order valence-electron chi connectivity index (χ2n) is 4.75. The van der Waals surface area contributed by atoms with Gasteiger partial charge in [-0.05, 0) is 30.7 Å². The van der Waals surface area contributed by atoms with E-state index in [9.17, 15) is 24.8 Å². The van der Waals surface area contributed by atoms with Crippen LogP contribution in [-0.2, 0) is 0 Å². The molecule has 0 radical (unpaired) electrons. The molecule has 0 saturated heterocycles. The monoisotopic (exact) mass is 316 g/mol. The zero-order valence-corrected chi connectivity index (χ0v) is 11.9. The maximum absolute atomic E-state index is 12.1. The van der Waals surface area contributed by atoms with Gasteiger partial charge in [-0.2, -0.15) is 0 Å². The van der Waals surface area contributed by atoms with Crippen LogP contribution in [0.25, 0.3) is 0 Å². The number of amides is 1. The first-order valence-corrected chi connectivity index (χ1v) is 6.42. The number of aryl methyl sites for hydroxylation is 1. The Morgan fingerprint density at radius 1 is 1.17 bits per heavy atom. The van der Waals surface area contributed by atoms with Crippen LogP contribution < -0.4 is 5.32 Å². The van der Waals surface area contributed by atoms with Gasteiger partial charge in [0.2, 0.25) is 0 Å². The van der Waals surface area contributed by atoms with E-state index in [0.717, 1.165) is 18.2 Å². The summed E-state index contributed by atoms with van der Waals surface area (Å²) >= 11 is 0. The van der Waals surface area contributed by atoms with E-state index in [2.05, 4.69) is 5.32 Å². The number of hydrogen-bond acceptors (Lipinski definition) is 5. The quantitative estimate of drug-likeness (QED) is 0.587. The third kappa shape index (κ3) is 3.43. The molecule has 0 aromatic heterocycles. The molecule has 2 rings (SSSR count). The molecule has 2 aromatic carbocycles. The summed E-state index contributed by atoms with van der Waals surface area (Å²) in [7, 11) is 0. The number of carbonyl (C=O) groups excluding carboxylic acids is 1. The lowest BCUT2D eigenvalue weighted by Gasteiger charge is -2.09. The summed E-state index contributed by atoms with van der Waals surface area (Å²) in [5, 5.41) is 31.8. The number of carbonyl (C=O) groups is 2. The van der Waals surface area contributed by atoms with Gasteiger partial charge in [0.15, 0.2) is 0 Å². The predicted molar refractivity (Wildman–Crippen MR) is 80.9 cm³/mol. The maximum Gasteiger partial charge on any atom is 0.338 e. The molecule has 23 heavy (non-hydrogen) atoms. The largest absolute Gasteiger partial charge is 0.508 e. The highest BCUT2D eigenvalue weighted by atomic mass is 16.6. The van der Waals surface area contributed by atoms with Gasteiger partial charge in [-0.1, -0.05) is 6.07 Å². The molecular weight excluding hydrogens is 304 g/mol. The highest BCUT2D eigenvalue weighted by molar-refractivity contribution is 6.08. The Hall–Kier alpha value is -3.42. The van der Waals surface area contributed by atoms with Crippen molar-refractivity contribution in [3.05, 3.63) is 63.2 Å². The molecule has 8 heteroatoms. The lowest BCUT2D eigenvalue weighted by atomic mass is 10.1. The first-order valence-electron chi connectivity index (χ1n) is 6.42. The number of aromatic hydroxyl groups is 1. The van der Waals surface area contributed by atoms with Crippen LogP contribution in [0.3, 0.4) is 0 Å². The van der Waals surface area contributed by atoms with E-state index in [1.807, 2.05) is 0 Å². The molecule has 8 nitrogen and oxygen atoms in total. The molecule has 0 fully saturated rings. The van der Waals surface area contributed by atoms with Gasteiger partial charge in [0.05, 0.1) is 16.2 Å². The molecule has 0 aliphatic rings. The van der Waals surface area contributed by atoms with Gasteiger partial charge < -0.3 is 15.5 Å². The molecule has 0 atom stereocenters. The van der Waals surface area contributed by atoms with Crippen LogP contribution in [0.4, 0.5) is 11.4 Å². The van der Waals surface area contributed by atoms with Crippen molar-refractivity contribution in [2.45, 2.75) is 6.92 Å². The number of nitrogens with zero attached hydrogens (tertiary/aromatic N) is 1. The maximum atomic E-state index is 12.1. The molecule has 2 aromatic rings. The van der Waals surface area contributed by atoms with Gasteiger partial charge in [0, 0.05) is 17.7 Å². The zero-order chi connectivity index (χ0) is 17.1. The fraction of sp³-hybridized carbons (Fsp3) is 0.0667. The number of nitrogens with one attached hydrogen (secondary N) is 1. The lowest BCUT2D eigenvalue weighted by molar-refractivity contribution is -0.384. The van der Waals surface area contributed by atoms with Crippen molar-refractivity contribution in [3.63, 3.8) is 0 Å². The fourth-order valence-electron chi connectivity index (χ4n) is 1.88. The lowest BCUT2D eigenvalue weighted by Crippen LogP contribution is -2.15. The van der Waals surface area contributed by atoms with E-state index >= 15 is 0 Å². The minimum absolute atomic E-state index is 0.0696. The van der Waals surface area contributed by atoms with Crippen molar-refractivity contribution in [2.75, 3.05) is 5.32 Å². The van der Waals surface area contributed by atoms with Crippen molar-refractivity contribution in [1.29, 1.82) is 0 Å². The number of rotatable bonds is 4. The minimum atomic E-state index is -1.41. The summed E-state index contributed by atoms with van der Waals surface area (Å²) in [6.07, 6.45) is 0. The number of nitro benzene ring substituents is 1. The Kier molecular flexibility index (Phi) is 4.26. The minimum Gasteiger partial charge on any atom is -0.508 e. The van der Waals surface area contributed by atoms with Gasteiger partial charge in [0.1, 0.15) is 5.75 Å². The molecule has 1 amide bonds. The number of nitro groups is 1. The summed E-state index contributed by atoms with van der Waals surface area (Å²) in [4.78, 5) is 33.3. The average Bonchev–Trinajstić information content (AvgIpc) is 2.49. The molecule has 0 heterocycles. The van der Waals surface area contributed by atoms with Gasteiger partial charge in [0.25, 0.3) is 11.6 Å². The zero-order valence-electron chi connectivity index (χ0n) is 11.9. The highest BCUT2D eigenvalue weighted by Crippen LogP contribution is 2.24. The van der Waals surface area contributed by atoms with E-state index in [1.165, 1.54) is 18.2 Å². The average molecular weight is 316 g/mol. The number of anilines is 1. The molecule has 0 saturated carbocycles. The Morgan fingerprint density at radius 3 is 2.43 bits per heavy atom. The van der Waals surface area contributed by atoms with Crippen molar-refractivity contribution in [2.24, 2.45) is 0 Å². The van der Waals surface area contributed by atoms with Gasteiger partial charge in [-0.15, -0.1) is 0 Å². The number of aromatic carboxylic acids is 1. The Labute approximate surface area is 130 Å². The van der Waals surface area contributed by atoms with E-state index in [-0.39, 0.29) is 17.0 Å². The second kappa shape index (κ2) is 6.14. The Morgan fingerprint density at radius 2 is 1.87 bits per heavy atom. The third-order valence-corrected chi connectivity index (χ3v) is 3.16. The molecular formula is C15H12N2O6. The molecule has 118 valence electrons. The van der Waals surface area contributed by atoms with E-state index in [0.29, 0.717) is 5.56 Å². The van der Waals surface area contributed by atoms with Crippen LogP contribution >= 0.6 is 0 Å². The summed E-state index contributed by atoms with van der Waals surface area (Å²) < 4.78 is 0. The summed E-state index contributed by atoms with van der Waals surface area (Å²) in [5.41, 5.74) is -0.156. The van der Waals surface area contributed by atoms with Crippen molar-refractivity contribution < 1.29 is 24.7 Å². The standard InChI is InChI=1S/C15H12N2O6/c1-8-2-3-9(6-13(8)18)14(19)16-12-5-4-10(17(22)23)7-11(12)15(20)21/h2-7,18H,1H3,(H,16,19)(H,20,21). The first-order chi connectivity index (χ1) is 10.8. The van der Waals surface area contributed by atoms with Crippen LogP contribution in [0.15, 0.2) is 36.4 Å². The molecule has 3 N–H and O–H groups in total. The van der Waals surface area contributed by atoms with Crippen molar-refractivity contribution in [1.82, 2.24) is 0 Å². The highest BCUT2D eigenvalue weighted by Gasteiger charge is 2.18. The van der Waals surface area contributed by atoms with Gasteiger partial charge in [-0.25, -0.2) is 4.79 Å². The van der Waals surface area contributed by atoms with Crippen molar-refractivity contribution >= 4 is 23.3 Å². The van der Waals surface area contributed by atoms with Crippen molar-refractivity contribution in [3.8, 4) is 5.75 Å². The number of hydrogen-bond donors (Lipinski definition) is 3. The molecule has 0 spiro atoms. The third-order valence-electron chi connectivity index (χ3n) is 3.16. The van der Waals surface area contributed by atoms with Crippen LogP contribution in [0.2, 0.25) is 0 Å². The van der Waals surface area contributed by atoms with E-state index in [4.69, 9.17) is 5.11 Å².